The van der Waals surface area contributed by atoms with E-state index in [1.54, 1.807) is 0 Å². The fourth-order valence-electron chi connectivity index (χ4n) is 3.33. The predicted octanol–water partition coefficient (Wildman–Crippen LogP) is 7.48. The van der Waals surface area contributed by atoms with Gasteiger partial charge in [0.2, 0.25) is 0 Å². The van der Waals surface area contributed by atoms with Crippen molar-refractivity contribution in [1.29, 1.82) is 0 Å². The van der Waals surface area contributed by atoms with Crippen molar-refractivity contribution in [2.75, 3.05) is 19.8 Å². The fourth-order valence-corrected chi connectivity index (χ4v) is 3.33. The number of rotatable bonds is 20. The highest BCUT2D eigenvalue weighted by molar-refractivity contribution is 4.73. The molecule has 1 unspecified atom stereocenters. The van der Waals surface area contributed by atoms with Crippen LogP contribution >= 0.6 is 0 Å². The van der Waals surface area contributed by atoms with Gasteiger partial charge in [-0.1, -0.05) is 86.0 Å². The molecule has 0 amide bonds. The van der Waals surface area contributed by atoms with Crippen molar-refractivity contribution in [3.63, 3.8) is 0 Å². The first-order valence-corrected chi connectivity index (χ1v) is 11.6. The Hall–Kier alpha value is -0.120. The van der Waals surface area contributed by atoms with Gasteiger partial charge in [-0.3, -0.25) is 0 Å². The van der Waals surface area contributed by atoms with E-state index >= 15 is 0 Å². The Morgan fingerprint density at radius 2 is 0.923 bits per heavy atom. The monoisotopic (exact) mass is 372 g/mol. The summed E-state index contributed by atoms with van der Waals surface area (Å²) in [5, 5.41) is 0. The molecule has 0 aromatic heterocycles. The van der Waals surface area contributed by atoms with Crippen molar-refractivity contribution in [2.45, 2.75) is 124 Å². The Labute approximate surface area is 164 Å². The number of hydrogen-bond acceptors (Lipinski definition) is 3. The van der Waals surface area contributed by atoms with E-state index in [0.29, 0.717) is 25.7 Å². The summed E-state index contributed by atoms with van der Waals surface area (Å²) in [6, 6.07) is 0. The smallest absolute Gasteiger partial charge is 0.285 e. The largest absolute Gasteiger partial charge is 0.327 e. The highest BCUT2D eigenvalue weighted by atomic mass is 16.9. The third-order valence-corrected chi connectivity index (χ3v) is 4.83. The van der Waals surface area contributed by atoms with E-state index in [0.717, 1.165) is 32.1 Å². The second-order valence-electron chi connectivity index (χ2n) is 7.54. The summed E-state index contributed by atoms with van der Waals surface area (Å²) >= 11 is 0. The molecule has 26 heavy (non-hydrogen) atoms. The predicted molar refractivity (Wildman–Crippen MR) is 112 cm³/mol. The normalized spacial score (nSPS) is 13.3. The van der Waals surface area contributed by atoms with Gasteiger partial charge in [-0.2, -0.15) is 0 Å². The van der Waals surface area contributed by atoms with Crippen LogP contribution in [0.15, 0.2) is 0 Å². The summed E-state index contributed by atoms with van der Waals surface area (Å²) < 4.78 is 18.9. The Morgan fingerprint density at radius 3 is 1.38 bits per heavy atom. The zero-order valence-corrected chi connectivity index (χ0v) is 18.6. The molecule has 0 radical (unpaired) electrons. The molecule has 0 saturated heterocycles. The van der Waals surface area contributed by atoms with E-state index in [1.165, 1.54) is 51.4 Å². The zero-order valence-electron chi connectivity index (χ0n) is 18.6. The van der Waals surface area contributed by atoms with Crippen LogP contribution in [0.25, 0.3) is 0 Å². The molecule has 158 valence electrons. The van der Waals surface area contributed by atoms with Crippen LogP contribution in [-0.2, 0) is 14.2 Å². The Kier molecular flexibility index (Phi) is 18.2. The lowest BCUT2D eigenvalue weighted by molar-refractivity contribution is -0.406. The lowest BCUT2D eigenvalue weighted by atomic mass is 9.92. The summed E-state index contributed by atoms with van der Waals surface area (Å²) in [6.07, 6.45) is 15.6. The van der Waals surface area contributed by atoms with Crippen LogP contribution in [-0.4, -0.2) is 25.8 Å². The number of ether oxygens (including phenoxy) is 3. The second kappa shape index (κ2) is 18.3. The second-order valence-corrected chi connectivity index (χ2v) is 7.54. The lowest BCUT2D eigenvalue weighted by Gasteiger charge is -2.40. The molecular weight excluding hydrogens is 324 g/mol. The van der Waals surface area contributed by atoms with Crippen molar-refractivity contribution in [3.05, 3.63) is 0 Å². The molecule has 0 aliphatic heterocycles. The molecule has 0 aromatic carbocycles. The minimum absolute atomic E-state index is 0.332. The van der Waals surface area contributed by atoms with Crippen molar-refractivity contribution < 1.29 is 14.2 Å². The molecule has 3 heteroatoms. The molecule has 0 bridgehead atoms. The fraction of sp³-hybridized carbons (Fsp3) is 1.00. The van der Waals surface area contributed by atoms with Crippen LogP contribution < -0.4 is 0 Å². The molecule has 0 aliphatic carbocycles. The first-order chi connectivity index (χ1) is 12.7. The summed E-state index contributed by atoms with van der Waals surface area (Å²) in [7, 11) is 0. The molecule has 0 heterocycles. The molecule has 0 fully saturated rings. The molecular formula is C23H48O3. The highest BCUT2D eigenvalue weighted by Crippen LogP contribution is 2.35. The van der Waals surface area contributed by atoms with Crippen LogP contribution in [0.2, 0.25) is 0 Å². The van der Waals surface area contributed by atoms with Crippen molar-refractivity contribution in [1.82, 2.24) is 0 Å². The van der Waals surface area contributed by atoms with E-state index in [9.17, 15) is 0 Å². The minimum Gasteiger partial charge on any atom is -0.327 e. The average Bonchev–Trinajstić information content (AvgIpc) is 2.67. The third kappa shape index (κ3) is 11.6. The van der Waals surface area contributed by atoms with Crippen molar-refractivity contribution in [3.8, 4) is 0 Å². The van der Waals surface area contributed by atoms with Crippen LogP contribution in [0.4, 0.5) is 0 Å². The highest BCUT2D eigenvalue weighted by Gasteiger charge is 2.41. The van der Waals surface area contributed by atoms with Gasteiger partial charge in [0.1, 0.15) is 0 Å². The molecule has 0 N–H and O–H groups in total. The third-order valence-electron chi connectivity index (χ3n) is 4.83. The summed E-state index contributed by atoms with van der Waals surface area (Å²) in [5.74, 6) is -0.501. The Bertz CT molecular complexity index is 259. The van der Waals surface area contributed by atoms with Gasteiger partial charge in [0, 0.05) is 5.92 Å². The first kappa shape index (κ1) is 25.9. The molecule has 0 aliphatic rings. The van der Waals surface area contributed by atoms with E-state index in [2.05, 4.69) is 34.6 Å². The topological polar surface area (TPSA) is 27.7 Å². The van der Waals surface area contributed by atoms with Gasteiger partial charge in [-0.05, 0) is 32.1 Å². The maximum absolute atomic E-state index is 6.29. The Balaban J connectivity index is 4.98. The van der Waals surface area contributed by atoms with E-state index in [4.69, 9.17) is 14.2 Å². The standard InChI is InChI=1S/C23H48O3/c1-6-11-13-14-15-16-18-22(17-12-7-2)23(24-19-8-3,25-20-9-4)26-21-10-5/h22H,6-21H2,1-5H3. The zero-order chi connectivity index (χ0) is 19.5. The van der Waals surface area contributed by atoms with Gasteiger partial charge < -0.3 is 14.2 Å². The maximum Gasteiger partial charge on any atom is 0.285 e. The summed E-state index contributed by atoms with van der Waals surface area (Å²) in [4.78, 5) is 0. The summed E-state index contributed by atoms with van der Waals surface area (Å²) in [5.41, 5.74) is 0. The van der Waals surface area contributed by atoms with Crippen LogP contribution in [0.1, 0.15) is 118 Å². The van der Waals surface area contributed by atoms with E-state index in [-0.39, 0.29) is 0 Å². The molecule has 0 rings (SSSR count). The first-order valence-electron chi connectivity index (χ1n) is 11.6. The molecule has 0 aromatic rings. The molecule has 0 spiro atoms. The molecule has 0 saturated carbocycles. The van der Waals surface area contributed by atoms with Gasteiger partial charge in [0.05, 0.1) is 19.8 Å². The van der Waals surface area contributed by atoms with Crippen LogP contribution in [0.5, 0.6) is 0 Å². The summed E-state index contributed by atoms with van der Waals surface area (Å²) in [6.45, 7) is 13.1. The van der Waals surface area contributed by atoms with E-state index in [1.807, 2.05) is 0 Å². The Morgan fingerprint density at radius 1 is 0.500 bits per heavy atom. The van der Waals surface area contributed by atoms with Gasteiger partial charge in [-0.15, -0.1) is 0 Å². The number of unbranched alkanes of at least 4 members (excludes halogenated alkanes) is 6. The van der Waals surface area contributed by atoms with Gasteiger partial charge in [0.15, 0.2) is 0 Å². The van der Waals surface area contributed by atoms with Gasteiger partial charge >= 0.3 is 0 Å². The van der Waals surface area contributed by atoms with Gasteiger partial charge in [-0.25, -0.2) is 0 Å². The van der Waals surface area contributed by atoms with Crippen LogP contribution in [0, 0.1) is 5.92 Å². The van der Waals surface area contributed by atoms with Gasteiger partial charge in [0.25, 0.3) is 5.97 Å². The average molecular weight is 373 g/mol. The molecule has 3 nitrogen and oxygen atoms in total. The quantitative estimate of drug-likeness (QED) is 0.164. The number of hydrogen-bond donors (Lipinski definition) is 0. The SMILES string of the molecule is CCCCCCCCC(CCCC)C(OCCC)(OCCC)OCCC. The van der Waals surface area contributed by atoms with E-state index < -0.39 is 5.97 Å². The van der Waals surface area contributed by atoms with Crippen LogP contribution in [0.3, 0.4) is 0 Å². The lowest BCUT2D eigenvalue weighted by Crippen LogP contribution is -2.47. The van der Waals surface area contributed by atoms with Crippen molar-refractivity contribution in [2.24, 2.45) is 5.92 Å². The molecule has 1 atom stereocenters. The van der Waals surface area contributed by atoms with Crippen molar-refractivity contribution >= 4 is 0 Å². The minimum atomic E-state index is -0.833. The maximum atomic E-state index is 6.29.